The molecule has 0 atom stereocenters. The molecule has 2 aromatic carbocycles. The van der Waals surface area contributed by atoms with Crippen molar-refractivity contribution in [1.29, 1.82) is 0 Å². The van der Waals surface area contributed by atoms with Crippen molar-refractivity contribution in [3.05, 3.63) is 70.8 Å². The third kappa shape index (κ3) is 8.96. The van der Waals surface area contributed by atoms with Crippen molar-refractivity contribution in [3.63, 3.8) is 0 Å². The van der Waals surface area contributed by atoms with Crippen LogP contribution in [0.5, 0.6) is 0 Å². The average molecular weight is 855 g/mol. The summed E-state index contributed by atoms with van der Waals surface area (Å²) < 4.78 is 59.5. The molecule has 2 aliphatic carbocycles. The minimum atomic E-state index is -1.24. The van der Waals surface area contributed by atoms with Crippen LogP contribution in [0.1, 0.15) is 97.1 Å². The van der Waals surface area contributed by atoms with E-state index in [0.717, 1.165) is 75.6 Å². The largest absolute Gasteiger partial charge is 0.444 e. The zero-order chi connectivity index (χ0) is 44.0. The van der Waals surface area contributed by atoms with Crippen LogP contribution in [0.15, 0.2) is 36.4 Å². The number of ether oxygens (including phenoxy) is 1. The fourth-order valence-electron chi connectivity index (χ4n) is 9.72. The number of piperazine rings is 2. The van der Waals surface area contributed by atoms with Gasteiger partial charge in [0.05, 0.1) is 13.1 Å². The normalized spacial score (nSPS) is 26.2. The van der Waals surface area contributed by atoms with Crippen LogP contribution in [-0.4, -0.2) is 122 Å². The Kier molecular flexibility index (Phi) is 12.5. The monoisotopic (exact) mass is 854 g/mol. The van der Waals surface area contributed by atoms with Crippen LogP contribution in [0.25, 0.3) is 0 Å². The smallest absolute Gasteiger partial charge is 0.410 e. The van der Waals surface area contributed by atoms with Crippen LogP contribution in [-0.2, 0) is 37.0 Å². The molecule has 2 saturated carbocycles. The number of nitrogens with zero attached hydrogens (tertiary/aromatic N) is 5. The number of amides is 5. The molecule has 5 amide bonds. The van der Waals surface area contributed by atoms with Gasteiger partial charge >= 0.3 is 6.09 Å². The summed E-state index contributed by atoms with van der Waals surface area (Å²) in [4.78, 5) is 74.0. The van der Waals surface area contributed by atoms with Crippen LogP contribution in [0.3, 0.4) is 0 Å². The Hall–Kier alpha value is -4.73. The summed E-state index contributed by atoms with van der Waals surface area (Å²) in [6.45, 7) is 10.6. The van der Waals surface area contributed by atoms with Crippen molar-refractivity contribution < 1.29 is 46.3 Å². The first-order valence-corrected chi connectivity index (χ1v) is 21.6. The van der Waals surface area contributed by atoms with Crippen molar-refractivity contribution >= 4 is 29.7 Å². The van der Waals surface area contributed by atoms with Crippen LogP contribution < -0.4 is 5.32 Å². The van der Waals surface area contributed by atoms with E-state index in [1.807, 2.05) is 0 Å². The predicted molar refractivity (Wildman–Crippen MR) is 216 cm³/mol. The Balaban J connectivity index is 0.000000189. The molecule has 2 aromatic rings. The Morgan fingerprint density at radius 3 is 1.44 bits per heavy atom. The second-order valence-electron chi connectivity index (χ2n) is 19.2. The summed E-state index contributed by atoms with van der Waals surface area (Å²) in [5, 5.41) is 3.11. The first kappa shape index (κ1) is 44.3. The summed E-state index contributed by atoms with van der Waals surface area (Å²) in [6, 6.07) is 7.19. The van der Waals surface area contributed by atoms with Crippen LogP contribution in [0.2, 0.25) is 0 Å². The van der Waals surface area contributed by atoms with E-state index in [0.29, 0.717) is 36.1 Å². The van der Waals surface area contributed by atoms with E-state index in [1.165, 1.54) is 21.9 Å². The standard InChI is InChI=1S/C25H33F2N3O4.C20H25F2N3O2/c1-16-5-8-18(9-6-16)29-13-21(31)30(12-17-7-10-19(26)20(27)11-17)25(22(29)32)14-28(15-25)23(33)34-24(2,3)4;1-13-2-5-15(6-3-13)24-10-18(26)25(20(19(24)27)11-23-12-20)9-14-4-7-16(21)17(22)8-14/h7,10-11,16,18H,5-6,8-9,12-15H2,1-4H3;4,7-8,13,15,23H,2-3,5-6,9-12H2,1H3. The maximum Gasteiger partial charge on any atom is 0.410 e. The fourth-order valence-corrected chi connectivity index (χ4v) is 9.72. The van der Waals surface area contributed by atoms with E-state index in [-0.39, 0.29) is 75.0 Å². The number of hydrogen-bond donors (Lipinski definition) is 1. The van der Waals surface area contributed by atoms with Crippen molar-refractivity contribution in [2.24, 2.45) is 11.8 Å². The molecule has 0 radical (unpaired) electrons. The van der Waals surface area contributed by atoms with Gasteiger partial charge in [-0.2, -0.15) is 0 Å². The molecule has 4 saturated heterocycles. The first-order chi connectivity index (χ1) is 28.8. The van der Waals surface area contributed by atoms with E-state index in [9.17, 15) is 41.5 Å². The molecule has 12 nitrogen and oxygen atoms in total. The molecule has 2 spiro atoms. The molecular weight excluding hydrogens is 797 g/mol. The minimum absolute atomic E-state index is 0.00878. The van der Waals surface area contributed by atoms with Gasteiger partial charge in [0.25, 0.3) is 11.8 Å². The molecule has 0 bridgehead atoms. The summed E-state index contributed by atoms with van der Waals surface area (Å²) in [7, 11) is 0. The molecule has 0 unspecified atom stereocenters. The van der Waals surface area contributed by atoms with E-state index >= 15 is 0 Å². The zero-order valence-electron chi connectivity index (χ0n) is 35.8. The van der Waals surface area contributed by atoms with Crippen LogP contribution in [0, 0.1) is 35.1 Å². The molecule has 6 aliphatic rings. The number of benzene rings is 2. The van der Waals surface area contributed by atoms with E-state index < -0.39 is 46.0 Å². The summed E-state index contributed by atoms with van der Waals surface area (Å²) >= 11 is 0. The van der Waals surface area contributed by atoms with Gasteiger partial charge < -0.3 is 34.6 Å². The molecule has 1 N–H and O–H groups in total. The minimum Gasteiger partial charge on any atom is -0.444 e. The Morgan fingerprint density at radius 1 is 0.656 bits per heavy atom. The third-order valence-electron chi connectivity index (χ3n) is 13.5. The first-order valence-electron chi connectivity index (χ1n) is 21.6. The van der Waals surface area contributed by atoms with Gasteiger partial charge in [-0.25, -0.2) is 22.4 Å². The van der Waals surface area contributed by atoms with E-state index in [1.54, 1.807) is 35.5 Å². The highest BCUT2D eigenvalue weighted by atomic mass is 19.2. The van der Waals surface area contributed by atoms with Gasteiger partial charge in [0.1, 0.15) is 24.2 Å². The van der Waals surface area contributed by atoms with Gasteiger partial charge in [-0.3, -0.25) is 19.2 Å². The molecule has 332 valence electrons. The maximum absolute atomic E-state index is 13.9. The molecule has 6 fully saturated rings. The fraction of sp³-hybridized carbons (Fsp3) is 0.622. The number of carbonyl (C=O) groups is 5. The average Bonchev–Trinajstić information content (AvgIpc) is 3.16. The van der Waals surface area contributed by atoms with E-state index in [2.05, 4.69) is 19.2 Å². The number of halogens is 4. The molecule has 4 heterocycles. The number of likely N-dealkylation sites (tertiary alicyclic amines) is 1. The molecular formula is C45H58F4N6O6. The highest BCUT2D eigenvalue weighted by Gasteiger charge is 2.62. The number of carbonyl (C=O) groups excluding carboxylic acids is 5. The van der Waals surface area contributed by atoms with Gasteiger partial charge in [0.2, 0.25) is 11.8 Å². The SMILES string of the molecule is CC1CCC(N2CC(=O)N(Cc3ccc(F)c(F)c3)C3(CN(C(=O)OC(C)(C)C)C3)C2=O)CC1.CC1CCC(N2CC(=O)N(Cc3ccc(F)c(F)c3)C3(CNC3)C2=O)CC1. The molecule has 0 aromatic heterocycles. The van der Waals surface area contributed by atoms with Crippen molar-refractivity contribution in [2.75, 3.05) is 39.3 Å². The van der Waals surface area contributed by atoms with Crippen molar-refractivity contribution in [1.82, 2.24) is 29.8 Å². The lowest BCUT2D eigenvalue weighted by Crippen LogP contribution is -2.81. The van der Waals surface area contributed by atoms with Crippen LogP contribution >= 0.6 is 0 Å². The highest BCUT2D eigenvalue weighted by molar-refractivity contribution is 6.01. The van der Waals surface area contributed by atoms with E-state index in [4.69, 9.17) is 4.74 Å². The second kappa shape index (κ2) is 17.2. The molecule has 61 heavy (non-hydrogen) atoms. The Labute approximate surface area is 354 Å². The Morgan fingerprint density at radius 2 is 1.07 bits per heavy atom. The van der Waals surface area contributed by atoms with Gasteiger partial charge in [-0.05, 0) is 119 Å². The topological polar surface area (TPSA) is 123 Å². The summed E-state index contributed by atoms with van der Waals surface area (Å²) in [6.07, 6.45) is 7.16. The number of rotatable bonds is 6. The lowest BCUT2D eigenvalue weighted by atomic mass is 9.80. The van der Waals surface area contributed by atoms with Gasteiger partial charge in [0.15, 0.2) is 28.8 Å². The zero-order valence-corrected chi connectivity index (χ0v) is 35.8. The maximum atomic E-state index is 13.9. The van der Waals surface area contributed by atoms with Gasteiger partial charge in [0, 0.05) is 38.3 Å². The lowest BCUT2D eigenvalue weighted by Gasteiger charge is -2.58. The van der Waals surface area contributed by atoms with Crippen LogP contribution in [0.4, 0.5) is 22.4 Å². The second-order valence-corrected chi connectivity index (χ2v) is 19.2. The summed E-state index contributed by atoms with van der Waals surface area (Å²) in [5.41, 5.74) is -1.96. The van der Waals surface area contributed by atoms with Crippen molar-refractivity contribution in [3.8, 4) is 0 Å². The van der Waals surface area contributed by atoms with Crippen molar-refractivity contribution in [2.45, 2.75) is 128 Å². The quantitative estimate of drug-likeness (QED) is 0.367. The number of nitrogens with one attached hydrogen (secondary N) is 1. The third-order valence-corrected chi connectivity index (χ3v) is 13.5. The molecule has 16 heteroatoms. The molecule has 8 rings (SSSR count). The predicted octanol–water partition coefficient (Wildman–Crippen LogP) is 5.76. The number of hydrogen-bond acceptors (Lipinski definition) is 7. The molecule has 4 aliphatic heterocycles. The Bertz CT molecular complexity index is 2020. The lowest BCUT2D eigenvalue weighted by molar-refractivity contribution is -0.181. The van der Waals surface area contributed by atoms with Gasteiger partial charge in [-0.15, -0.1) is 0 Å². The highest BCUT2D eigenvalue weighted by Crippen LogP contribution is 2.39. The summed E-state index contributed by atoms with van der Waals surface area (Å²) in [5.74, 6) is -3.16. The van der Waals surface area contributed by atoms with Gasteiger partial charge in [-0.1, -0.05) is 26.0 Å².